The van der Waals surface area contributed by atoms with E-state index in [0.29, 0.717) is 50.5 Å². The highest BCUT2D eigenvalue weighted by Gasteiger charge is 2.20. The summed E-state index contributed by atoms with van der Waals surface area (Å²) in [6.45, 7) is 6.13. The van der Waals surface area contributed by atoms with Crippen molar-refractivity contribution in [3.8, 4) is 17.2 Å². The summed E-state index contributed by atoms with van der Waals surface area (Å²) in [5, 5.41) is 12.9. The van der Waals surface area contributed by atoms with Gasteiger partial charge in [-0.15, -0.1) is 16.8 Å². The molecule has 11 heteroatoms. The van der Waals surface area contributed by atoms with E-state index < -0.39 is 6.10 Å². The molecule has 1 amide bonds. The van der Waals surface area contributed by atoms with Crippen LogP contribution in [0.1, 0.15) is 18.9 Å². The van der Waals surface area contributed by atoms with Crippen LogP contribution in [0.5, 0.6) is 17.2 Å². The van der Waals surface area contributed by atoms with Crippen LogP contribution in [0, 0.1) is 0 Å². The number of ether oxygens (including phenoxy) is 3. The highest BCUT2D eigenvalue weighted by molar-refractivity contribution is 7.99. The van der Waals surface area contributed by atoms with Crippen LogP contribution in [-0.4, -0.2) is 40.6 Å². The summed E-state index contributed by atoms with van der Waals surface area (Å²) >= 11 is 13.4. The fourth-order valence-electron chi connectivity index (χ4n) is 3.08. The molecule has 8 nitrogen and oxygen atoms in total. The lowest BCUT2D eigenvalue weighted by Crippen LogP contribution is -2.16. The van der Waals surface area contributed by atoms with E-state index in [9.17, 15) is 4.79 Å². The van der Waals surface area contributed by atoms with Crippen molar-refractivity contribution in [2.75, 3.05) is 25.3 Å². The first-order valence-electron chi connectivity index (χ1n) is 10.2. The van der Waals surface area contributed by atoms with Crippen LogP contribution in [0.4, 0.5) is 5.69 Å². The van der Waals surface area contributed by atoms with E-state index in [1.807, 2.05) is 23.6 Å². The molecule has 180 valence electrons. The molecular formula is C23H24Cl2N4O4S. The lowest BCUT2D eigenvalue weighted by atomic mass is 10.2. The van der Waals surface area contributed by atoms with Crippen molar-refractivity contribution in [3.63, 3.8) is 0 Å². The molecule has 0 saturated heterocycles. The van der Waals surface area contributed by atoms with Gasteiger partial charge >= 0.3 is 0 Å². The SMILES string of the molecule is C=CCn1c(SCC(=O)Nc2cc(OC)c(Cl)cc2OC)nnc1C(C)Oc1cccc(Cl)c1. The Bertz CT molecular complexity index is 1170. The fourth-order valence-corrected chi connectivity index (χ4v) is 4.25. The maximum Gasteiger partial charge on any atom is 0.234 e. The van der Waals surface area contributed by atoms with Crippen LogP contribution < -0.4 is 19.5 Å². The van der Waals surface area contributed by atoms with Crippen LogP contribution in [0.2, 0.25) is 10.0 Å². The van der Waals surface area contributed by atoms with Crippen molar-refractivity contribution in [1.82, 2.24) is 14.8 Å². The average Bonchev–Trinajstić information content (AvgIpc) is 3.21. The molecule has 1 aromatic heterocycles. The minimum Gasteiger partial charge on any atom is -0.495 e. The van der Waals surface area contributed by atoms with Crippen LogP contribution >= 0.6 is 35.0 Å². The van der Waals surface area contributed by atoms with E-state index >= 15 is 0 Å². The molecule has 0 aliphatic carbocycles. The molecule has 0 aliphatic rings. The summed E-state index contributed by atoms with van der Waals surface area (Å²) in [5.74, 6) is 1.90. The zero-order valence-corrected chi connectivity index (χ0v) is 21.2. The van der Waals surface area contributed by atoms with Crippen molar-refractivity contribution in [2.24, 2.45) is 0 Å². The van der Waals surface area contributed by atoms with E-state index in [4.69, 9.17) is 37.4 Å². The van der Waals surface area contributed by atoms with Gasteiger partial charge in [-0.2, -0.15) is 0 Å². The number of methoxy groups -OCH3 is 2. The lowest BCUT2D eigenvalue weighted by molar-refractivity contribution is -0.113. The smallest absolute Gasteiger partial charge is 0.234 e. The number of rotatable bonds is 11. The molecule has 34 heavy (non-hydrogen) atoms. The highest BCUT2D eigenvalue weighted by atomic mass is 35.5. The number of nitrogens with zero attached hydrogens (tertiary/aromatic N) is 3. The fraction of sp³-hybridized carbons (Fsp3) is 0.261. The van der Waals surface area contributed by atoms with Crippen molar-refractivity contribution in [3.05, 3.63) is 64.9 Å². The molecule has 0 saturated carbocycles. The first-order chi connectivity index (χ1) is 16.4. The molecule has 3 rings (SSSR count). The third-order valence-corrected chi connectivity index (χ3v) is 6.11. The van der Waals surface area contributed by atoms with E-state index in [-0.39, 0.29) is 11.7 Å². The molecule has 0 fully saturated rings. The summed E-state index contributed by atoms with van der Waals surface area (Å²) in [5.41, 5.74) is 0.450. The first kappa shape index (κ1) is 25.7. The quantitative estimate of drug-likeness (QED) is 0.256. The van der Waals surface area contributed by atoms with Gasteiger partial charge < -0.3 is 19.5 Å². The largest absolute Gasteiger partial charge is 0.495 e. The number of thioether (sulfide) groups is 1. The number of benzene rings is 2. The Labute approximate surface area is 212 Å². The maximum atomic E-state index is 12.6. The van der Waals surface area contributed by atoms with Gasteiger partial charge in [-0.25, -0.2) is 0 Å². The lowest BCUT2D eigenvalue weighted by Gasteiger charge is -2.16. The van der Waals surface area contributed by atoms with Crippen molar-refractivity contribution >= 4 is 46.6 Å². The summed E-state index contributed by atoms with van der Waals surface area (Å²) in [6, 6.07) is 10.3. The van der Waals surface area contributed by atoms with Gasteiger partial charge in [0, 0.05) is 23.7 Å². The molecule has 1 unspecified atom stereocenters. The maximum absolute atomic E-state index is 12.6. The second kappa shape index (κ2) is 12.0. The van der Waals surface area contributed by atoms with E-state index in [2.05, 4.69) is 22.1 Å². The monoisotopic (exact) mass is 522 g/mol. The Balaban J connectivity index is 1.70. The molecule has 0 radical (unpaired) electrons. The minimum absolute atomic E-state index is 0.0902. The summed E-state index contributed by atoms with van der Waals surface area (Å²) in [6.07, 6.45) is 1.33. The first-order valence-corrected chi connectivity index (χ1v) is 11.9. The van der Waals surface area contributed by atoms with Crippen LogP contribution in [0.25, 0.3) is 0 Å². The number of nitrogens with one attached hydrogen (secondary N) is 1. The van der Waals surface area contributed by atoms with E-state index in [1.165, 1.54) is 26.0 Å². The van der Waals surface area contributed by atoms with Crippen molar-refractivity contribution in [2.45, 2.75) is 24.7 Å². The molecule has 2 aromatic carbocycles. The van der Waals surface area contributed by atoms with Gasteiger partial charge in [0.2, 0.25) is 5.91 Å². The number of halogens is 2. The van der Waals surface area contributed by atoms with Crippen molar-refractivity contribution < 1.29 is 19.0 Å². The topological polar surface area (TPSA) is 87.5 Å². The second-order valence-corrected chi connectivity index (χ2v) is 8.77. The number of hydrogen-bond donors (Lipinski definition) is 1. The molecule has 0 aliphatic heterocycles. The Hall–Kier alpha value is -2.88. The van der Waals surface area contributed by atoms with Crippen LogP contribution in [0.15, 0.2) is 54.2 Å². The normalized spacial score (nSPS) is 11.6. The number of carbonyl (C=O) groups is 1. The molecule has 1 atom stereocenters. The summed E-state index contributed by atoms with van der Waals surface area (Å²) in [4.78, 5) is 12.6. The number of anilines is 1. The Morgan fingerprint density at radius 1 is 1.21 bits per heavy atom. The Kier molecular flexibility index (Phi) is 9.09. The standard InChI is InChI=1S/C23H24Cl2N4O4S/c1-5-9-29-22(14(2)33-16-8-6-7-15(24)10-16)27-28-23(29)34-13-21(30)26-18-12-19(31-3)17(25)11-20(18)32-4/h5-8,10-12,14H,1,9,13H2,2-4H3,(H,26,30). The Morgan fingerprint density at radius 3 is 2.65 bits per heavy atom. The summed E-state index contributed by atoms with van der Waals surface area (Å²) in [7, 11) is 2.99. The number of aromatic nitrogens is 3. The van der Waals surface area contributed by atoms with Crippen LogP contribution in [-0.2, 0) is 11.3 Å². The van der Waals surface area contributed by atoms with Crippen molar-refractivity contribution in [1.29, 1.82) is 0 Å². The number of amides is 1. The number of hydrogen-bond acceptors (Lipinski definition) is 7. The van der Waals surface area contributed by atoms with Gasteiger partial charge in [0.1, 0.15) is 17.2 Å². The average molecular weight is 523 g/mol. The molecular weight excluding hydrogens is 499 g/mol. The second-order valence-electron chi connectivity index (χ2n) is 6.98. The van der Waals surface area contributed by atoms with Gasteiger partial charge in [0.15, 0.2) is 17.1 Å². The zero-order valence-electron chi connectivity index (χ0n) is 18.9. The van der Waals surface area contributed by atoms with Gasteiger partial charge in [0.25, 0.3) is 0 Å². The number of carbonyl (C=O) groups excluding carboxylic acids is 1. The molecule has 0 bridgehead atoms. The predicted octanol–water partition coefficient (Wildman–Crippen LogP) is 5.66. The molecule has 1 N–H and O–H groups in total. The number of allylic oxidation sites excluding steroid dienone is 1. The molecule has 1 heterocycles. The van der Waals surface area contributed by atoms with Gasteiger partial charge in [0.05, 0.1) is 30.7 Å². The van der Waals surface area contributed by atoms with Crippen LogP contribution in [0.3, 0.4) is 0 Å². The van der Waals surface area contributed by atoms with Gasteiger partial charge in [-0.3, -0.25) is 9.36 Å². The highest BCUT2D eigenvalue weighted by Crippen LogP contribution is 2.36. The summed E-state index contributed by atoms with van der Waals surface area (Å²) < 4.78 is 18.4. The predicted molar refractivity (Wildman–Crippen MR) is 135 cm³/mol. The minimum atomic E-state index is -0.403. The van der Waals surface area contributed by atoms with Gasteiger partial charge in [-0.1, -0.05) is 47.1 Å². The molecule has 0 spiro atoms. The molecule has 3 aromatic rings. The third kappa shape index (κ3) is 6.37. The van der Waals surface area contributed by atoms with E-state index in [0.717, 1.165) is 0 Å². The van der Waals surface area contributed by atoms with Gasteiger partial charge in [-0.05, 0) is 25.1 Å². The van der Waals surface area contributed by atoms with E-state index in [1.54, 1.807) is 30.3 Å². The Morgan fingerprint density at radius 2 is 1.97 bits per heavy atom. The third-order valence-electron chi connectivity index (χ3n) is 4.61. The zero-order chi connectivity index (χ0) is 24.7.